The van der Waals surface area contributed by atoms with Crippen LogP contribution in [0, 0.1) is 11.6 Å². The fraction of sp³-hybridized carbons (Fsp3) is 0. The molecule has 4 rings (SSSR count). The van der Waals surface area contributed by atoms with Crippen LogP contribution in [0.25, 0.3) is 22.0 Å². The van der Waals surface area contributed by atoms with Gasteiger partial charge in [-0.2, -0.15) is 5.10 Å². The summed E-state index contributed by atoms with van der Waals surface area (Å²) in [4.78, 5) is 16.4. The Hall–Kier alpha value is -3.61. The van der Waals surface area contributed by atoms with E-state index < -0.39 is 17.5 Å². The molecule has 0 spiro atoms. The van der Waals surface area contributed by atoms with E-state index in [9.17, 15) is 13.6 Å². The van der Waals surface area contributed by atoms with Gasteiger partial charge >= 0.3 is 0 Å². The first-order chi connectivity index (χ1) is 12.6. The van der Waals surface area contributed by atoms with Crippen molar-refractivity contribution in [3.05, 3.63) is 78.3 Å². The maximum atomic E-state index is 14.1. The van der Waals surface area contributed by atoms with Crippen molar-refractivity contribution in [2.75, 3.05) is 5.32 Å². The lowest BCUT2D eigenvalue weighted by molar-refractivity contribution is 0.102. The molecule has 2 heterocycles. The number of H-pyrrole nitrogens is 1. The minimum atomic E-state index is -0.934. The zero-order chi connectivity index (χ0) is 18.1. The van der Waals surface area contributed by atoms with Crippen molar-refractivity contribution >= 4 is 22.5 Å². The standard InChI is InChI=1S/C19H12F2N4O/c20-15-5-1-4-13(17(15)21)11-6-7-16-14(9-11)18(25-24-16)19(26)23-12-3-2-8-22-10-12/h1-10H,(H,23,26)(H,24,25). The van der Waals surface area contributed by atoms with Crippen LogP contribution in [-0.4, -0.2) is 21.1 Å². The van der Waals surface area contributed by atoms with Crippen LogP contribution in [0.15, 0.2) is 60.9 Å². The van der Waals surface area contributed by atoms with Gasteiger partial charge in [0.2, 0.25) is 0 Å². The summed E-state index contributed by atoms with van der Waals surface area (Å²) >= 11 is 0. The number of benzene rings is 2. The minimum absolute atomic E-state index is 0.117. The number of aromatic nitrogens is 3. The van der Waals surface area contributed by atoms with Crippen LogP contribution in [0.3, 0.4) is 0 Å². The van der Waals surface area contributed by atoms with Gasteiger partial charge in [-0.3, -0.25) is 14.9 Å². The summed E-state index contributed by atoms with van der Waals surface area (Å²) in [5.41, 5.74) is 1.86. The van der Waals surface area contributed by atoms with Crippen LogP contribution >= 0.6 is 0 Å². The molecule has 0 saturated heterocycles. The van der Waals surface area contributed by atoms with Crippen molar-refractivity contribution < 1.29 is 13.6 Å². The first-order valence-electron chi connectivity index (χ1n) is 7.77. The number of carbonyl (C=O) groups is 1. The zero-order valence-electron chi connectivity index (χ0n) is 13.3. The molecule has 128 valence electrons. The van der Waals surface area contributed by atoms with Crippen molar-refractivity contribution in [1.29, 1.82) is 0 Å². The van der Waals surface area contributed by atoms with Crippen LogP contribution in [0.2, 0.25) is 0 Å². The average Bonchev–Trinajstić information content (AvgIpc) is 3.08. The van der Waals surface area contributed by atoms with Gasteiger partial charge in [-0.15, -0.1) is 0 Å². The summed E-state index contributed by atoms with van der Waals surface area (Å²) in [6, 6.07) is 12.3. The molecule has 0 saturated carbocycles. The number of rotatable bonds is 3. The SMILES string of the molecule is O=C(Nc1cccnc1)c1n[nH]c2ccc(-c3cccc(F)c3F)cc12. The van der Waals surface area contributed by atoms with Crippen molar-refractivity contribution in [1.82, 2.24) is 15.2 Å². The molecule has 2 aromatic carbocycles. The predicted molar refractivity (Wildman–Crippen MR) is 93.6 cm³/mol. The molecular weight excluding hydrogens is 338 g/mol. The van der Waals surface area contributed by atoms with E-state index in [1.54, 1.807) is 36.5 Å². The highest BCUT2D eigenvalue weighted by Crippen LogP contribution is 2.28. The maximum Gasteiger partial charge on any atom is 0.276 e. The topological polar surface area (TPSA) is 70.7 Å². The Bertz CT molecular complexity index is 1110. The second-order valence-corrected chi connectivity index (χ2v) is 5.63. The monoisotopic (exact) mass is 350 g/mol. The lowest BCUT2D eigenvalue weighted by Crippen LogP contribution is -2.12. The molecule has 0 atom stereocenters. The van der Waals surface area contributed by atoms with Crippen molar-refractivity contribution in [2.24, 2.45) is 0 Å². The number of carbonyl (C=O) groups excluding carboxylic acids is 1. The van der Waals surface area contributed by atoms with Gasteiger partial charge < -0.3 is 5.32 Å². The largest absolute Gasteiger partial charge is 0.319 e. The van der Waals surface area contributed by atoms with E-state index in [0.29, 0.717) is 22.2 Å². The fourth-order valence-electron chi connectivity index (χ4n) is 2.71. The third-order valence-electron chi connectivity index (χ3n) is 3.96. The number of nitrogens with one attached hydrogen (secondary N) is 2. The molecule has 2 aromatic heterocycles. The van der Waals surface area contributed by atoms with Crippen LogP contribution < -0.4 is 5.32 Å². The number of nitrogens with zero attached hydrogens (tertiary/aromatic N) is 2. The van der Waals surface area contributed by atoms with Gasteiger partial charge in [-0.25, -0.2) is 8.78 Å². The van der Waals surface area contributed by atoms with Crippen molar-refractivity contribution in [3.63, 3.8) is 0 Å². The Morgan fingerprint density at radius 1 is 1.08 bits per heavy atom. The number of aromatic amines is 1. The highest BCUT2D eigenvalue weighted by Gasteiger charge is 2.17. The summed E-state index contributed by atoms with van der Waals surface area (Å²) in [6.07, 6.45) is 3.11. The van der Waals surface area contributed by atoms with Gasteiger partial charge in [0, 0.05) is 17.1 Å². The first-order valence-corrected chi connectivity index (χ1v) is 7.77. The molecule has 1 amide bonds. The summed E-state index contributed by atoms with van der Waals surface area (Å²) in [5, 5.41) is 10.0. The average molecular weight is 350 g/mol. The zero-order valence-corrected chi connectivity index (χ0v) is 13.3. The maximum absolute atomic E-state index is 14.1. The molecule has 26 heavy (non-hydrogen) atoms. The molecule has 5 nitrogen and oxygen atoms in total. The van der Waals surface area contributed by atoms with E-state index in [4.69, 9.17) is 0 Å². The van der Waals surface area contributed by atoms with Gasteiger partial charge in [-0.1, -0.05) is 18.2 Å². The van der Waals surface area contributed by atoms with Crippen LogP contribution in [-0.2, 0) is 0 Å². The van der Waals surface area contributed by atoms with Gasteiger partial charge in [0.15, 0.2) is 17.3 Å². The van der Waals surface area contributed by atoms with Crippen molar-refractivity contribution in [3.8, 4) is 11.1 Å². The van der Waals surface area contributed by atoms with E-state index in [2.05, 4.69) is 20.5 Å². The third kappa shape index (κ3) is 2.79. The molecule has 0 aliphatic heterocycles. The van der Waals surface area contributed by atoms with Gasteiger partial charge in [0.1, 0.15) is 0 Å². The van der Waals surface area contributed by atoms with Crippen molar-refractivity contribution in [2.45, 2.75) is 0 Å². The lowest BCUT2D eigenvalue weighted by Gasteiger charge is -2.05. The van der Waals surface area contributed by atoms with E-state index in [-0.39, 0.29) is 11.3 Å². The summed E-state index contributed by atoms with van der Waals surface area (Å²) < 4.78 is 27.6. The number of amides is 1. The third-order valence-corrected chi connectivity index (χ3v) is 3.96. The quantitative estimate of drug-likeness (QED) is 0.583. The Balaban J connectivity index is 1.75. The van der Waals surface area contributed by atoms with Crippen LogP contribution in [0.1, 0.15) is 10.5 Å². The van der Waals surface area contributed by atoms with Crippen LogP contribution in [0.5, 0.6) is 0 Å². The Kier molecular flexibility index (Phi) is 3.89. The Morgan fingerprint density at radius 2 is 1.96 bits per heavy atom. The molecule has 0 fully saturated rings. The molecule has 0 aliphatic rings. The fourth-order valence-corrected chi connectivity index (χ4v) is 2.71. The molecule has 4 aromatic rings. The van der Waals surface area contributed by atoms with Crippen LogP contribution in [0.4, 0.5) is 14.5 Å². The number of fused-ring (bicyclic) bond motifs is 1. The predicted octanol–water partition coefficient (Wildman–Crippen LogP) is 4.16. The second kappa shape index (κ2) is 6.36. The molecular formula is C19H12F2N4O. The highest BCUT2D eigenvalue weighted by atomic mass is 19.2. The number of halogens is 2. The lowest BCUT2D eigenvalue weighted by atomic mass is 10.0. The number of pyridine rings is 1. The van der Waals surface area contributed by atoms with E-state index >= 15 is 0 Å². The van der Waals surface area contributed by atoms with Gasteiger partial charge in [0.05, 0.1) is 17.4 Å². The first kappa shape index (κ1) is 15.9. The number of hydrogen-bond acceptors (Lipinski definition) is 3. The Labute approximate surface area is 146 Å². The smallest absolute Gasteiger partial charge is 0.276 e. The molecule has 7 heteroatoms. The molecule has 0 unspecified atom stereocenters. The van der Waals surface area contributed by atoms with E-state index in [1.807, 2.05) is 0 Å². The van der Waals surface area contributed by atoms with Gasteiger partial charge in [-0.05, 0) is 35.9 Å². The second-order valence-electron chi connectivity index (χ2n) is 5.63. The summed E-state index contributed by atoms with van der Waals surface area (Å²) in [6.45, 7) is 0. The molecule has 0 bridgehead atoms. The van der Waals surface area contributed by atoms with E-state index in [1.165, 1.54) is 18.3 Å². The number of anilines is 1. The molecule has 0 radical (unpaired) electrons. The molecule has 2 N–H and O–H groups in total. The Morgan fingerprint density at radius 3 is 2.77 bits per heavy atom. The summed E-state index contributed by atoms with van der Waals surface area (Å²) in [5.74, 6) is -2.29. The summed E-state index contributed by atoms with van der Waals surface area (Å²) in [7, 11) is 0. The highest BCUT2D eigenvalue weighted by molar-refractivity contribution is 6.11. The molecule has 0 aliphatic carbocycles. The van der Waals surface area contributed by atoms with E-state index in [0.717, 1.165) is 6.07 Å². The van der Waals surface area contributed by atoms with Gasteiger partial charge in [0.25, 0.3) is 5.91 Å². The minimum Gasteiger partial charge on any atom is -0.319 e. The normalized spacial score (nSPS) is 10.8. The number of hydrogen-bond donors (Lipinski definition) is 2.